The normalized spacial score (nSPS) is 16.9. The molecule has 0 bridgehead atoms. The van der Waals surface area contributed by atoms with Crippen molar-refractivity contribution in [2.75, 3.05) is 45.8 Å². The van der Waals surface area contributed by atoms with Crippen molar-refractivity contribution in [1.82, 2.24) is 24.9 Å². The van der Waals surface area contributed by atoms with E-state index in [9.17, 15) is 4.79 Å². The first-order valence-electron chi connectivity index (χ1n) is 10.2. The third kappa shape index (κ3) is 4.20. The van der Waals surface area contributed by atoms with Gasteiger partial charge in [0.1, 0.15) is 18.9 Å². The lowest BCUT2D eigenvalue weighted by molar-refractivity contribution is -0.121. The number of amides is 1. The van der Waals surface area contributed by atoms with Gasteiger partial charge in [-0.2, -0.15) is 5.10 Å². The van der Waals surface area contributed by atoms with Crippen LogP contribution in [0.4, 0.5) is 0 Å². The Bertz CT molecular complexity index is 811. The number of carbonyl (C=O) groups excluding carboxylic acids is 1. The molecule has 1 aromatic heterocycles. The summed E-state index contributed by atoms with van der Waals surface area (Å²) < 4.78 is 7.55. The first kappa shape index (κ1) is 19.0. The fourth-order valence-electron chi connectivity index (χ4n) is 3.96. The summed E-state index contributed by atoms with van der Waals surface area (Å²) in [4.78, 5) is 17.4. The fraction of sp³-hybridized carbons (Fsp3) is 0.524. The second-order valence-corrected chi connectivity index (χ2v) is 7.44. The van der Waals surface area contributed by atoms with Gasteiger partial charge >= 0.3 is 0 Å². The minimum Gasteiger partial charge on any atom is -0.488 e. The summed E-state index contributed by atoms with van der Waals surface area (Å²) >= 11 is 0. The van der Waals surface area contributed by atoms with Gasteiger partial charge in [0.2, 0.25) is 5.91 Å². The van der Waals surface area contributed by atoms with Crippen molar-refractivity contribution in [3.63, 3.8) is 0 Å². The molecule has 2 aliphatic heterocycles. The molecule has 2 aromatic rings. The molecule has 28 heavy (non-hydrogen) atoms. The van der Waals surface area contributed by atoms with Crippen molar-refractivity contribution in [1.29, 1.82) is 0 Å². The molecule has 1 saturated heterocycles. The van der Waals surface area contributed by atoms with E-state index in [-0.39, 0.29) is 12.5 Å². The first-order chi connectivity index (χ1) is 13.7. The molecule has 0 saturated carbocycles. The topological polar surface area (TPSA) is 62.6 Å². The number of benzene rings is 1. The number of fused-ring (bicyclic) bond motifs is 3. The molecule has 1 aromatic carbocycles. The Morgan fingerprint density at radius 1 is 1.18 bits per heavy atom. The van der Waals surface area contributed by atoms with Gasteiger partial charge in [0.15, 0.2) is 0 Å². The molecule has 1 fully saturated rings. The number of para-hydroxylation sites is 1. The number of hydrogen-bond acceptors (Lipinski definition) is 5. The number of nitrogens with one attached hydrogen (secondary N) is 1. The average molecular weight is 383 g/mol. The molecule has 7 nitrogen and oxygen atoms in total. The highest BCUT2D eigenvalue weighted by molar-refractivity contribution is 5.78. The summed E-state index contributed by atoms with van der Waals surface area (Å²) in [6.45, 7) is 10.4. The van der Waals surface area contributed by atoms with Crippen molar-refractivity contribution in [3.8, 4) is 17.0 Å². The highest BCUT2D eigenvalue weighted by Crippen LogP contribution is 2.36. The largest absolute Gasteiger partial charge is 0.488 e. The molecular formula is C21H29N5O2. The zero-order chi connectivity index (χ0) is 19.3. The number of nitrogens with zero attached hydrogens (tertiary/aromatic N) is 4. The molecule has 0 radical (unpaired) electrons. The van der Waals surface area contributed by atoms with E-state index in [1.165, 1.54) is 0 Å². The van der Waals surface area contributed by atoms with Crippen LogP contribution in [0.3, 0.4) is 0 Å². The Labute approximate surface area is 166 Å². The van der Waals surface area contributed by atoms with Crippen LogP contribution in [0.15, 0.2) is 30.5 Å². The van der Waals surface area contributed by atoms with Crippen LogP contribution in [0.1, 0.15) is 18.9 Å². The third-order valence-corrected chi connectivity index (χ3v) is 5.62. The van der Waals surface area contributed by atoms with Crippen molar-refractivity contribution in [2.45, 2.75) is 26.5 Å². The van der Waals surface area contributed by atoms with Crippen molar-refractivity contribution >= 4 is 5.91 Å². The third-order valence-electron chi connectivity index (χ3n) is 5.62. The van der Waals surface area contributed by atoms with Crippen LogP contribution < -0.4 is 10.1 Å². The molecular weight excluding hydrogens is 354 g/mol. The smallest absolute Gasteiger partial charge is 0.241 e. The molecule has 4 rings (SSSR count). The SMILES string of the molecule is CCN1CCN(CCCNC(=O)Cn2ncc3c2-c2ccccc2OC3)CC1. The van der Waals surface area contributed by atoms with Crippen LogP contribution in [0.2, 0.25) is 0 Å². The molecule has 2 aliphatic rings. The Balaban J connectivity index is 1.25. The predicted molar refractivity (Wildman–Crippen MR) is 108 cm³/mol. The molecule has 150 valence electrons. The number of likely N-dealkylation sites (N-methyl/N-ethyl adjacent to an activating group) is 1. The van der Waals surface area contributed by atoms with Gasteiger partial charge in [-0.15, -0.1) is 0 Å². The highest BCUT2D eigenvalue weighted by Gasteiger charge is 2.22. The Morgan fingerprint density at radius 2 is 1.96 bits per heavy atom. The fourth-order valence-corrected chi connectivity index (χ4v) is 3.96. The number of carbonyl (C=O) groups is 1. The lowest BCUT2D eigenvalue weighted by atomic mass is 10.0. The Kier molecular flexibility index (Phi) is 5.92. The first-order valence-corrected chi connectivity index (χ1v) is 10.2. The maximum Gasteiger partial charge on any atom is 0.241 e. The van der Waals surface area contributed by atoms with Gasteiger partial charge in [0, 0.05) is 43.9 Å². The van der Waals surface area contributed by atoms with Crippen LogP contribution in [-0.2, 0) is 17.9 Å². The Morgan fingerprint density at radius 3 is 2.79 bits per heavy atom. The molecule has 3 heterocycles. The number of rotatable bonds is 7. The number of aromatic nitrogens is 2. The summed E-state index contributed by atoms with van der Waals surface area (Å²) in [5.74, 6) is 0.853. The van der Waals surface area contributed by atoms with E-state index in [2.05, 4.69) is 27.1 Å². The highest BCUT2D eigenvalue weighted by atomic mass is 16.5. The summed E-state index contributed by atoms with van der Waals surface area (Å²) in [7, 11) is 0. The standard InChI is InChI=1S/C21H29N5O2/c1-2-24-10-12-25(13-11-24)9-5-8-22-20(27)15-26-21-17(14-23-26)16-28-19-7-4-3-6-18(19)21/h3-4,6-7,14H,2,5,8-13,15-16H2,1H3,(H,22,27). The monoisotopic (exact) mass is 383 g/mol. The van der Waals surface area contributed by atoms with E-state index >= 15 is 0 Å². The van der Waals surface area contributed by atoms with Crippen molar-refractivity contribution in [3.05, 3.63) is 36.0 Å². The second kappa shape index (κ2) is 8.75. The summed E-state index contributed by atoms with van der Waals surface area (Å²) in [5.41, 5.74) is 3.02. The summed E-state index contributed by atoms with van der Waals surface area (Å²) in [5, 5.41) is 7.46. The molecule has 1 N–H and O–H groups in total. The van der Waals surface area contributed by atoms with Gasteiger partial charge in [-0.05, 0) is 31.6 Å². The van der Waals surface area contributed by atoms with Crippen LogP contribution in [0, 0.1) is 0 Å². The van der Waals surface area contributed by atoms with Gasteiger partial charge in [-0.25, -0.2) is 0 Å². The lowest BCUT2D eigenvalue weighted by Gasteiger charge is -2.33. The number of piperazine rings is 1. The molecule has 7 heteroatoms. The summed E-state index contributed by atoms with van der Waals surface area (Å²) in [6.07, 6.45) is 2.78. The summed E-state index contributed by atoms with van der Waals surface area (Å²) in [6, 6.07) is 7.91. The van der Waals surface area contributed by atoms with E-state index < -0.39 is 0 Å². The van der Waals surface area contributed by atoms with Crippen LogP contribution in [-0.4, -0.2) is 71.3 Å². The minimum atomic E-state index is 0.00525. The van der Waals surface area contributed by atoms with Crippen LogP contribution in [0.25, 0.3) is 11.3 Å². The van der Waals surface area contributed by atoms with Gasteiger partial charge in [-0.3, -0.25) is 9.48 Å². The minimum absolute atomic E-state index is 0.00525. The maximum atomic E-state index is 12.4. The molecule has 0 atom stereocenters. The number of ether oxygens (including phenoxy) is 1. The average Bonchev–Trinajstić information content (AvgIpc) is 3.15. The predicted octanol–water partition coefficient (Wildman–Crippen LogP) is 1.59. The lowest BCUT2D eigenvalue weighted by Crippen LogP contribution is -2.46. The number of hydrogen-bond donors (Lipinski definition) is 1. The van der Waals surface area contributed by atoms with Crippen LogP contribution in [0.5, 0.6) is 5.75 Å². The van der Waals surface area contributed by atoms with E-state index in [4.69, 9.17) is 4.74 Å². The van der Waals surface area contributed by atoms with E-state index in [1.807, 2.05) is 24.3 Å². The zero-order valence-electron chi connectivity index (χ0n) is 16.6. The quantitative estimate of drug-likeness (QED) is 0.736. The van der Waals surface area contributed by atoms with E-state index in [0.717, 1.165) is 68.3 Å². The molecule has 0 unspecified atom stereocenters. The van der Waals surface area contributed by atoms with Gasteiger partial charge in [0.25, 0.3) is 0 Å². The molecule has 0 spiro atoms. The van der Waals surface area contributed by atoms with Gasteiger partial charge in [-0.1, -0.05) is 19.1 Å². The van der Waals surface area contributed by atoms with E-state index in [0.29, 0.717) is 13.2 Å². The van der Waals surface area contributed by atoms with Crippen molar-refractivity contribution in [2.24, 2.45) is 0 Å². The van der Waals surface area contributed by atoms with Crippen molar-refractivity contribution < 1.29 is 9.53 Å². The van der Waals surface area contributed by atoms with Crippen LogP contribution >= 0.6 is 0 Å². The maximum absolute atomic E-state index is 12.4. The molecule has 1 amide bonds. The zero-order valence-corrected chi connectivity index (χ0v) is 16.6. The molecule has 0 aliphatic carbocycles. The van der Waals surface area contributed by atoms with Gasteiger partial charge in [0.05, 0.1) is 11.9 Å². The van der Waals surface area contributed by atoms with Gasteiger partial charge < -0.3 is 19.9 Å². The second-order valence-electron chi connectivity index (χ2n) is 7.44. The van der Waals surface area contributed by atoms with E-state index in [1.54, 1.807) is 10.9 Å². The Hall–Kier alpha value is -2.38.